The summed E-state index contributed by atoms with van der Waals surface area (Å²) in [6, 6.07) is 7.99. The van der Waals surface area contributed by atoms with Gasteiger partial charge in [-0.05, 0) is 31.2 Å². The molecule has 0 saturated heterocycles. The molecule has 5 nitrogen and oxygen atoms in total. The minimum Gasteiger partial charge on any atom is -0.352 e. The Hall–Kier alpha value is -1.32. The lowest BCUT2D eigenvalue weighted by atomic mass is 10.4. The molecule has 0 atom stereocenters. The Morgan fingerprint density at radius 3 is 2.71 bits per heavy atom. The predicted octanol–water partition coefficient (Wildman–Crippen LogP) is 3.84. The molecule has 8 heteroatoms. The van der Waals surface area contributed by atoms with Gasteiger partial charge >= 0.3 is 0 Å². The lowest BCUT2D eigenvalue weighted by Gasteiger charge is -2.09. The SMILES string of the molecule is CN=C(NCc1cn2cc(Cl)ccc2n1)NCc1ccc(C)s1.I. The van der Waals surface area contributed by atoms with Crippen LogP contribution in [-0.4, -0.2) is 22.4 Å². The van der Waals surface area contributed by atoms with E-state index in [-0.39, 0.29) is 24.0 Å². The first kappa shape index (κ1) is 19.0. The highest BCUT2D eigenvalue weighted by Gasteiger charge is 2.04. The summed E-state index contributed by atoms with van der Waals surface area (Å²) in [6.45, 7) is 3.47. The Morgan fingerprint density at radius 1 is 1.21 bits per heavy atom. The van der Waals surface area contributed by atoms with E-state index in [1.165, 1.54) is 9.75 Å². The monoisotopic (exact) mass is 475 g/mol. The van der Waals surface area contributed by atoms with Gasteiger partial charge in [0.1, 0.15) is 5.65 Å². The zero-order valence-corrected chi connectivity index (χ0v) is 17.3. The van der Waals surface area contributed by atoms with Crippen LogP contribution in [0.2, 0.25) is 5.02 Å². The number of aliphatic imine (C=N–C) groups is 1. The number of nitrogens with one attached hydrogen (secondary N) is 2. The summed E-state index contributed by atoms with van der Waals surface area (Å²) < 4.78 is 1.92. The van der Waals surface area contributed by atoms with Crippen LogP contribution in [0.1, 0.15) is 15.4 Å². The molecule has 2 N–H and O–H groups in total. The van der Waals surface area contributed by atoms with Crippen LogP contribution in [0, 0.1) is 6.92 Å². The van der Waals surface area contributed by atoms with Gasteiger partial charge in [0.2, 0.25) is 0 Å². The standard InChI is InChI=1S/C16H18ClN5S.HI/c1-11-3-5-14(23-11)8-20-16(18-2)19-7-13-10-22-9-12(17)4-6-15(22)21-13;/h3-6,9-10H,7-8H2,1-2H3,(H2,18,19,20);1H. The maximum atomic E-state index is 5.99. The number of aromatic nitrogens is 2. The molecule has 0 aliphatic carbocycles. The number of pyridine rings is 1. The van der Waals surface area contributed by atoms with Gasteiger partial charge < -0.3 is 15.0 Å². The van der Waals surface area contributed by atoms with Gasteiger partial charge in [-0.25, -0.2) is 4.98 Å². The molecule has 3 rings (SSSR count). The summed E-state index contributed by atoms with van der Waals surface area (Å²) in [5.41, 5.74) is 1.81. The van der Waals surface area contributed by atoms with Gasteiger partial charge in [0.05, 0.1) is 23.8 Å². The molecule has 0 radical (unpaired) electrons. The number of aryl methyl sites for hydroxylation is 1. The van der Waals surface area contributed by atoms with Crippen LogP contribution in [-0.2, 0) is 13.1 Å². The van der Waals surface area contributed by atoms with Gasteiger partial charge in [0, 0.05) is 29.2 Å². The summed E-state index contributed by atoms with van der Waals surface area (Å²) in [5, 5.41) is 7.27. The molecular formula is C16H19ClIN5S. The van der Waals surface area contributed by atoms with Crippen LogP contribution >= 0.6 is 46.9 Å². The Bertz CT molecular complexity index is 842. The molecule has 0 bridgehead atoms. The molecule has 0 unspecified atom stereocenters. The molecule has 0 amide bonds. The van der Waals surface area contributed by atoms with E-state index in [1.807, 2.05) is 28.9 Å². The van der Waals surface area contributed by atoms with Crippen molar-refractivity contribution in [1.29, 1.82) is 0 Å². The number of thiophene rings is 1. The van der Waals surface area contributed by atoms with E-state index in [2.05, 4.69) is 39.7 Å². The minimum atomic E-state index is 0. The maximum absolute atomic E-state index is 5.99. The molecule has 0 aliphatic heterocycles. The number of fused-ring (bicyclic) bond motifs is 1. The molecule has 3 aromatic heterocycles. The fourth-order valence-electron chi connectivity index (χ4n) is 2.25. The van der Waals surface area contributed by atoms with E-state index >= 15 is 0 Å². The van der Waals surface area contributed by atoms with Gasteiger partial charge in [0.25, 0.3) is 0 Å². The number of guanidine groups is 1. The van der Waals surface area contributed by atoms with E-state index in [0.29, 0.717) is 11.6 Å². The Labute approximate surface area is 167 Å². The second kappa shape index (κ2) is 8.68. The second-order valence-electron chi connectivity index (χ2n) is 5.14. The smallest absolute Gasteiger partial charge is 0.191 e. The van der Waals surface area contributed by atoms with E-state index in [9.17, 15) is 0 Å². The van der Waals surface area contributed by atoms with Gasteiger partial charge in [-0.1, -0.05) is 11.6 Å². The maximum Gasteiger partial charge on any atom is 0.191 e. The number of halogens is 2. The average molecular weight is 476 g/mol. The Kier molecular flexibility index (Phi) is 6.88. The molecule has 0 aromatic carbocycles. The van der Waals surface area contributed by atoms with Crippen molar-refractivity contribution < 1.29 is 0 Å². The second-order valence-corrected chi connectivity index (χ2v) is 6.95. The fourth-order valence-corrected chi connectivity index (χ4v) is 3.25. The molecular weight excluding hydrogens is 457 g/mol. The summed E-state index contributed by atoms with van der Waals surface area (Å²) in [6.07, 6.45) is 3.81. The van der Waals surface area contributed by atoms with E-state index < -0.39 is 0 Å². The molecule has 0 spiro atoms. The Balaban J connectivity index is 0.00000208. The summed E-state index contributed by atoms with van der Waals surface area (Å²) in [7, 11) is 1.76. The molecule has 0 fully saturated rings. The summed E-state index contributed by atoms with van der Waals surface area (Å²) >= 11 is 7.77. The predicted molar refractivity (Wildman–Crippen MR) is 112 cm³/mol. The molecule has 0 aliphatic rings. The molecule has 24 heavy (non-hydrogen) atoms. The minimum absolute atomic E-state index is 0. The van der Waals surface area contributed by atoms with Gasteiger partial charge in [-0.15, -0.1) is 35.3 Å². The highest BCUT2D eigenvalue weighted by molar-refractivity contribution is 14.0. The normalized spacial score (nSPS) is 11.4. The lowest BCUT2D eigenvalue weighted by molar-refractivity contribution is 0.804. The number of hydrogen-bond acceptors (Lipinski definition) is 3. The number of imidazole rings is 1. The van der Waals surface area contributed by atoms with Crippen molar-refractivity contribution in [2.45, 2.75) is 20.0 Å². The van der Waals surface area contributed by atoms with Crippen LogP contribution in [0.4, 0.5) is 0 Å². The third-order valence-corrected chi connectivity index (χ3v) is 4.58. The number of hydrogen-bond donors (Lipinski definition) is 2. The first-order valence-corrected chi connectivity index (χ1v) is 8.46. The van der Waals surface area contributed by atoms with Crippen LogP contribution < -0.4 is 10.6 Å². The van der Waals surface area contributed by atoms with Crippen molar-refractivity contribution >= 4 is 58.5 Å². The number of nitrogens with zero attached hydrogens (tertiary/aromatic N) is 3. The molecule has 3 aromatic rings. The van der Waals surface area contributed by atoms with Crippen molar-refractivity contribution in [2.24, 2.45) is 4.99 Å². The summed E-state index contributed by atoms with van der Waals surface area (Å²) in [4.78, 5) is 11.4. The van der Waals surface area contributed by atoms with Gasteiger partial charge in [-0.3, -0.25) is 4.99 Å². The van der Waals surface area contributed by atoms with Crippen LogP contribution in [0.25, 0.3) is 5.65 Å². The zero-order valence-electron chi connectivity index (χ0n) is 13.4. The molecule has 128 valence electrons. The third kappa shape index (κ3) is 4.84. The molecule has 0 saturated carbocycles. The van der Waals surface area contributed by atoms with Gasteiger partial charge in [0.15, 0.2) is 5.96 Å². The van der Waals surface area contributed by atoms with E-state index in [0.717, 1.165) is 23.8 Å². The topological polar surface area (TPSA) is 53.7 Å². The van der Waals surface area contributed by atoms with Crippen LogP contribution in [0.3, 0.4) is 0 Å². The van der Waals surface area contributed by atoms with Crippen molar-refractivity contribution in [3.63, 3.8) is 0 Å². The zero-order chi connectivity index (χ0) is 16.2. The van der Waals surface area contributed by atoms with E-state index in [4.69, 9.17) is 11.6 Å². The Morgan fingerprint density at radius 2 is 2.00 bits per heavy atom. The van der Waals surface area contributed by atoms with Gasteiger partial charge in [-0.2, -0.15) is 0 Å². The quantitative estimate of drug-likeness (QED) is 0.342. The largest absolute Gasteiger partial charge is 0.352 e. The number of rotatable bonds is 4. The third-order valence-electron chi connectivity index (χ3n) is 3.35. The van der Waals surface area contributed by atoms with Crippen LogP contribution in [0.15, 0.2) is 41.7 Å². The van der Waals surface area contributed by atoms with Crippen LogP contribution in [0.5, 0.6) is 0 Å². The lowest BCUT2D eigenvalue weighted by Crippen LogP contribution is -2.36. The first-order chi connectivity index (χ1) is 11.1. The van der Waals surface area contributed by atoms with Crippen molar-refractivity contribution in [3.05, 3.63) is 57.1 Å². The highest BCUT2D eigenvalue weighted by atomic mass is 127. The van der Waals surface area contributed by atoms with Crippen molar-refractivity contribution in [2.75, 3.05) is 7.05 Å². The molecule has 3 heterocycles. The summed E-state index contributed by atoms with van der Waals surface area (Å²) in [5.74, 6) is 0.756. The van der Waals surface area contributed by atoms with Crippen molar-refractivity contribution in [3.8, 4) is 0 Å². The van der Waals surface area contributed by atoms with E-state index in [1.54, 1.807) is 18.4 Å². The average Bonchev–Trinajstić information content (AvgIpc) is 3.12. The first-order valence-electron chi connectivity index (χ1n) is 7.27. The van der Waals surface area contributed by atoms with Crippen molar-refractivity contribution in [1.82, 2.24) is 20.0 Å². The fraction of sp³-hybridized carbons (Fsp3) is 0.250. The highest BCUT2D eigenvalue weighted by Crippen LogP contribution is 2.14.